The Bertz CT molecular complexity index is 236. The summed E-state index contributed by atoms with van der Waals surface area (Å²) in [6, 6.07) is 0.368. The van der Waals surface area contributed by atoms with Gasteiger partial charge in [-0.05, 0) is 32.2 Å². The van der Waals surface area contributed by atoms with E-state index in [4.69, 9.17) is 4.74 Å². The minimum Gasteiger partial charge on any atom is -0.383 e. The van der Waals surface area contributed by atoms with E-state index < -0.39 is 0 Å². The molecule has 1 N–H and O–H groups in total. The Morgan fingerprint density at radius 1 is 1.39 bits per heavy atom. The molecule has 18 heavy (non-hydrogen) atoms. The van der Waals surface area contributed by atoms with Crippen molar-refractivity contribution in [3.8, 4) is 0 Å². The highest BCUT2D eigenvalue weighted by Gasteiger charge is 2.28. The zero-order valence-electron chi connectivity index (χ0n) is 12.1. The topological polar surface area (TPSA) is 41.6 Å². The van der Waals surface area contributed by atoms with Gasteiger partial charge in [-0.2, -0.15) is 0 Å². The Hall–Kier alpha value is -0.610. The summed E-state index contributed by atoms with van der Waals surface area (Å²) in [6.45, 7) is 6.59. The van der Waals surface area contributed by atoms with Crippen molar-refractivity contribution < 1.29 is 9.53 Å². The number of nitrogens with zero attached hydrogens (tertiary/aromatic N) is 1. The number of nitrogens with one attached hydrogen (secondary N) is 1. The fourth-order valence-electron chi connectivity index (χ4n) is 2.65. The van der Waals surface area contributed by atoms with Gasteiger partial charge in [0.15, 0.2) is 0 Å². The van der Waals surface area contributed by atoms with Crippen LogP contribution in [0.3, 0.4) is 0 Å². The number of carbonyl (C=O) groups is 1. The second kappa shape index (κ2) is 8.48. The smallest absolute Gasteiger partial charge is 0.240 e. The van der Waals surface area contributed by atoms with Gasteiger partial charge in [0.1, 0.15) is 0 Å². The number of amides is 1. The molecule has 4 nitrogen and oxygen atoms in total. The molecule has 0 unspecified atom stereocenters. The van der Waals surface area contributed by atoms with Crippen LogP contribution >= 0.6 is 0 Å². The quantitative estimate of drug-likeness (QED) is 0.755. The molecule has 0 aromatic rings. The Labute approximate surface area is 111 Å². The van der Waals surface area contributed by atoms with E-state index in [1.54, 1.807) is 7.11 Å². The summed E-state index contributed by atoms with van der Waals surface area (Å²) in [5, 5.41) is 3.35. The van der Waals surface area contributed by atoms with Crippen molar-refractivity contribution in [3.05, 3.63) is 0 Å². The van der Waals surface area contributed by atoms with Crippen LogP contribution in [-0.2, 0) is 9.53 Å². The molecule has 1 amide bonds. The van der Waals surface area contributed by atoms with E-state index in [1.165, 1.54) is 6.42 Å². The number of rotatable bonds is 7. The van der Waals surface area contributed by atoms with Crippen molar-refractivity contribution in [3.63, 3.8) is 0 Å². The van der Waals surface area contributed by atoms with Crippen molar-refractivity contribution in [1.82, 2.24) is 10.2 Å². The van der Waals surface area contributed by atoms with Gasteiger partial charge in [-0.1, -0.05) is 20.3 Å². The lowest BCUT2D eigenvalue weighted by atomic mass is 10.0. The van der Waals surface area contributed by atoms with Gasteiger partial charge >= 0.3 is 0 Å². The number of hydrogen-bond donors (Lipinski definition) is 1. The Morgan fingerprint density at radius 3 is 2.61 bits per heavy atom. The van der Waals surface area contributed by atoms with Crippen LogP contribution in [0, 0.1) is 0 Å². The van der Waals surface area contributed by atoms with Crippen molar-refractivity contribution >= 4 is 5.91 Å². The first-order valence-corrected chi connectivity index (χ1v) is 7.27. The summed E-state index contributed by atoms with van der Waals surface area (Å²) >= 11 is 0. The highest BCUT2D eigenvalue weighted by atomic mass is 16.5. The highest BCUT2D eigenvalue weighted by molar-refractivity contribution is 5.82. The molecule has 1 fully saturated rings. The molecule has 1 rings (SSSR count). The van der Waals surface area contributed by atoms with E-state index in [-0.39, 0.29) is 11.9 Å². The molecule has 0 aliphatic carbocycles. The Morgan fingerprint density at radius 2 is 2.11 bits per heavy atom. The van der Waals surface area contributed by atoms with Crippen LogP contribution in [0.25, 0.3) is 0 Å². The molecule has 0 radical (unpaired) electrons. The van der Waals surface area contributed by atoms with Crippen molar-refractivity contribution in [2.45, 2.75) is 58.0 Å². The van der Waals surface area contributed by atoms with E-state index in [0.717, 1.165) is 32.2 Å². The molecule has 1 atom stereocenters. The highest BCUT2D eigenvalue weighted by Crippen LogP contribution is 2.15. The van der Waals surface area contributed by atoms with Gasteiger partial charge in [-0.15, -0.1) is 0 Å². The van der Waals surface area contributed by atoms with Gasteiger partial charge in [-0.3, -0.25) is 4.79 Å². The van der Waals surface area contributed by atoms with Gasteiger partial charge in [0.25, 0.3) is 0 Å². The number of piperidine rings is 1. The van der Waals surface area contributed by atoms with Gasteiger partial charge in [0.05, 0.1) is 12.6 Å². The van der Waals surface area contributed by atoms with Crippen LogP contribution in [0.1, 0.15) is 46.0 Å². The molecular weight excluding hydrogens is 228 g/mol. The van der Waals surface area contributed by atoms with Crippen molar-refractivity contribution in [2.75, 3.05) is 26.8 Å². The number of ether oxygens (including phenoxy) is 1. The molecule has 0 aromatic carbocycles. The second-order valence-electron chi connectivity index (χ2n) is 5.00. The minimum absolute atomic E-state index is 0.0243. The zero-order valence-corrected chi connectivity index (χ0v) is 12.1. The second-order valence-corrected chi connectivity index (χ2v) is 5.00. The Kier molecular flexibility index (Phi) is 7.28. The summed E-state index contributed by atoms with van der Waals surface area (Å²) in [5.41, 5.74) is 0. The maximum absolute atomic E-state index is 12.6. The van der Waals surface area contributed by atoms with Crippen LogP contribution in [0.15, 0.2) is 0 Å². The number of methoxy groups -OCH3 is 1. The average Bonchev–Trinajstić information content (AvgIpc) is 2.43. The maximum atomic E-state index is 12.6. The van der Waals surface area contributed by atoms with E-state index >= 15 is 0 Å². The predicted molar refractivity (Wildman–Crippen MR) is 73.6 cm³/mol. The van der Waals surface area contributed by atoms with Gasteiger partial charge < -0.3 is 15.0 Å². The minimum atomic E-state index is 0.0243. The molecule has 1 aliphatic heterocycles. The van der Waals surface area contributed by atoms with Crippen LogP contribution in [-0.4, -0.2) is 49.7 Å². The molecule has 0 aromatic heterocycles. The number of carbonyl (C=O) groups excluding carboxylic acids is 1. The molecule has 106 valence electrons. The van der Waals surface area contributed by atoms with Crippen LogP contribution in [0.5, 0.6) is 0 Å². The lowest BCUT2D eigenvalue weighted by Gasteiger charge is -2.35. The first kappa shape index (κ1) is 15.4. The SMILES string of the molecule is CCC(CC)N(CCOC)C(=O)[C@@H]1CCCCN1. The molecule has 0 spiro atoms. The summed E-state index contributed by atoms with van der Waals surface area (Å²) in [6.07, 6.45) is 5.34. The molecule has 0 bridgehead atoms. The predicted octanol–water partition coefficient (Wildman–Crippen LogP) is 1.79. The van der Waals surface area contributed by atoms with E-state index in [1.807, 2.05) is 4.90 Å². The first-order valence-electron chi connectivity index (χ1n) is 7.27. The molecule has 0 saturated carbocycles. The van der Waals surface area contributed by atoms with E-state index in [0.29, 0.717) is 19.2 Å². The summed E-state index contributed by atoms with van der Waals surface area (Å²) in [4.78, 5) is 14.6. The lowest BCUT2D eigenvalue weighted by molar-refractivity contribution is -0.137. The maximum Gasteiger partial charge on any atom is 0.240 e. The fraction of sp³-hybridized carbons (Fsp3) is 0.929. The van der Waals surface area contributed by atoms with Crippen molar-refractivity contribution in [1.29, 1.82) is 0 Å². The standard InChI is InChI=1S/C14H28N2O2/c1-4-12(5-2)16(10-11-18-3)14(17)13-8-6-7-9-15-13/h12-13,15H,4-11H2,1-3H3/t13-/m0/s1. The molecular formula is C14H28N2O2. The van der Waals surface area contributed by atoms with Gasteiger partial charge in [0, 0.05) is 19.7 Å². The third-order valence-corrected chi connectivity index (χ3v) is 3.81. The van der Waals surface area contributed by atoms with Gasteiger partial charge in [0.2, 0.25) is 5.91 Å². The van der Waals surface area contributed by atoms with Crippen LogP contribution < -0.4 is 5.32 Å². The van der Waals surface area contributed by atoms with E-state index in [2.05, 4.69) is 19.2 Å². The van der Waals surface area contributed by atoms with E-state index in [9.17, 15) is 4.79 Å². The van der Waals surface area contributed by atoms with Crippen molar-refractivity contribution in [2.24, 2.45) is 0 Å². The Balaban J connectivity index is 2.63. The normalized spacial score (nSPS) is 20.1. The molecule has 4 heteroatoms. The monoisotopic (exact) mass is 256 g/mol. The third kappa shape index (κ3) is 4.25. The zero-order chi connectivity index (χ0) is 13.4. The third-order valence-electron chi connectivity index (χ3n) is 3.81. The average molecular weight is 256 g/mol. The van der Waals surface area contributed by atoms with Gasteiger partial charge in [-0.25, -0.2) is 0 Å². The first-order chi connectivity index (χ1) is 8.74. The summed E-state index contributed by atoms with van der Waals surface area (Å²) < 4.78 is 5.13. The number of hydrogen-bond acceptors (Lipinski definition) is 3. The summed E-state index contributed by atoms with van der Waals surface area (Å²) in [7, 11) is 1.69. The largest absolute Gasteiger partial charge is 0.383 e. The lowest BCUT2D eigenvalue weighted by Crippen LogP contribution is -2.52. The molecule has 1 heterocycles. The summed E-state index contributed by atoms with van der Waals surface area (Å²) in [5.74, 6) is 0.264. The van der Waals surface area contributed by atoms with Crippen LogP contribution in [0.2, 0.25) is 0 Å². The fourth-order valence-corrected chi connectivity index (χ4v) is 2.65. The molecule has 1 saturated heterocycles. The molecule has 1 aliphatic rings. The van der Waals surface area contributed by atoms with Crippen LogP contribution in [0.4, 0.5) is 0 Å².